The van der Waals surface area contributed by atoms with E-state index in [1.54, 1.807) is 18.9 Å². The lowest BCUT2D eigenvalue weighted by molar-refractivity contribution is 0.412. The van der Waals surface area contributed by atoms with Crippen LogP contribution in [0.15, 0.2) is 34.0 Å². The van der Waals surface area contributed by atoms with Gasteiger partial charge in [0.25, 0.3) is 0 Å². The zero-order chi connectivity index (χ0) is 11.4. The largest absolute Gasteiger partial charge is 0.497 e. The standard InChI is InChI=1S/C10H11N3O2S/c1-14-7-2-3-8(11)9(4-7)16-5-10-12-6-15-13-10/h2-4,6H,5,11H2,1H3. The lowest BCUT2D eigenvalue weighted by Crippen LogP contribution is -1.91. The molecular formula is C10H11N3O2S. The number of methoxy groups -OCH3 is 1. The predicted molar refractivity (Wildman–Crippen MR) is 61.3 cm³/mol. The Kier molecular flexibility index (Phi) is 3.31. The van der Waals surface area contributed by atoms with Crippen molar-refractivity contribution in [3.8, 4) is 5.75 Å². The van der Waals surface area contributed by atoms with Gasteiger partial charge >= 0.3 is 0 Å². The average Bonchev–Trinajstić information content (AvgIpc) is 2.81. The fourth-order valence-electron chi connectivity index (χ4n) is 1.16. The molecule has 0 unspecified atom stereocenters. The van der Waals surface area contributed by atoms with Gasteiger partial charge in [0.1, 0.15) is 5.75 Å². The van der Waals surface area contributed by atoms with Gasteiger partial charge in [0, 0.05) is 10.6 Å². The topological polar surface area (TPSA) is 74.2 Å². The molecule has 84 valence electrons. The Labute approximate surface area is 97.0 Å². The summed E-state index contributed by atoms with van der Waals surface area (Å²) in [6.07, 6.45) is 1.31. The molecule has 6 heteroatoms. The van der Waals surface area contributed by atoms with Gasteiger partial charge in [-0.05, 0) is 18.2 Å². The van der Waals surface area contributed by atoms with Crippen molar-refractivity contribution in [1.29, 1.82) is 0 Å². The Morgan fingerprint density at radius 1 is 1.50 bits per heavy atom. The van der Waals surface area contributed by atoms with E-state index in [4.69, 9.17) is 10.5 Å². The van der Waals surface area contributed by atoms with Crippen LogP contribution in [0.1, 0.15) is 5.82 Å². The van der Waals surface area contributed by atoms with E-state index in [9.17, 15) is 0 Å². The number of nitrogens with two attached hydrogens (primary N) is 1. The van der Waals surface area contributed by atoms with Crippen molar-refractivity contribution in [3.05, 3.63) is 30.4 Å². The van der Waals surface area contributed by atoms with Crippen molar-refractivity contribution >= 4 is 17.4 Å². The van der Waals surface area contributed by atoms with Crippen LogP contribution in [0.5, 0.6) is 5.75 Å². The van der Waals surface area contributed by atoms with E-state index in [-0.39, 0.29) is 0 Å². The Hall–Kier alpha value is -1.69. The lowest BCUT2D eigenvalue weighted by Gasteiger charge is -2.06. The van der Waals surface area contributed by atoms with Crippen molar-refractivity contribution in [2.24, 2.45) is 0 Å². The van der Waals surface area contributed by atoms with Crippen molar-refractivity contribution in [2.45, 2.75) is 10.6 Å². The van der Waals surface area contributed by atoms with Gasteiger partial charge in [-0.25, -0.2) is 0 Å². The van der Waals surface area contributed by atoms with E-state index in [2.05, 4.69) is 14.7 Å². The van der Waals surface area contributed by atoms with E-state index in [1.165, 1.54) is 6.39 Å². The van der Waals surface area contributed by atoms with Gasteiger partial charge in [-0.2, -0.15) is 4.98 Å². The second-order valence-corrected chi connectivity index (χ2v) is 4.06. The van der Waals surface area contributed by atoms with Crippen molar-refractivity contribution in [3.63, 3.8) is 0 Å². The number of hydrogen-bond donors (Lipinski definition) is 1. The number of thioether (sulfide) groups is 1. The summed E-state index contributed by atoms with van der Waals surface area (Å²) in [5.74, 6) is 2.05. The van der Waals surface area contributed by atoms with Crippen LogP contribution in [0.4, 0.5) is 5.69 Å². The number of nitrogens with zero attached hydrogens (tertiary/aromatic N) is 2. The Morgan fingerprint density at radius 3 is 3.06 bits per heavy atom. The van der Waals surface area contributed by atoms with Crippen molar-refractivity contribution in [2.75, 3.05) is 12.8 Å². The number of nitrogen functional groups attached to an aromatic ring is 1. The first-order chi connectivity index (χ1) is 7.79. The maximum Gasteiger partial charge on any atom is 0.213 e. The molecule has 0 fully saturated rings. The van der Waals surface area contributed by atoms with Crippen LogP contribution < -0.4 is 10.5 Å². The van der Waals surface area contributed by atoms with Gasteiger partial charge in [-0.3, -0.25) is 0 Å². The summed E-state index contributed by atoms with van der Waals surface area (Å²) >= 11 is 1.54. The molecule has 0 radical (unpaired) electrons. The monoisotopic (exact) mass is 237 g/mol. The second-order valence-electron chi connectivity index (χ2n) is 3.04. The molecule has 0 bridgehead atoms. The van der Waals surface area contributed by atoms with Gasteiger partial charge < -0.3 is 15.0 Å². The molecule has 5 nitrogen and oxygen atoms in total. The average molecular weight is 237 g/mol. The van der Waals surface area contributed by atoms with Crippen LogP contribution in [0, 0.1) is 0 Å². The molecule has 1 heterocycles. The Morgan fingerprint density at radius 2 is 2.38 bits per heavy atom. The molecular weight excluding hydrogens is 226 g/mol. The van der Waals surface area contributed by atoms with Crippen LogP contribution in [0.2, 0.25) is 0 Å². The summed E-state index contributed by atoms with van der Waals surface area (Å²) in [6, 6.07) is 5.53. The third-order valence-corrected chi connectivity index (χ3v) is 3.05. The fraction of sp³-hybridized carbons (Fsp3) is 0.200. The van der Waals surface area contributed by atoms with E-state index < -0.39 is 0 Å². The summed E-state index contributed by atoms with van der Waals surface area (Å²) in [7, 11) is 1.62. The highest BCUT2D eigenvalue weighted by atomic mass is 32.2. The minimum absolute atomic E-state index is 0.619. The van der Waals surface area contributed by atoms with Crippen LogP contribution >= 0.6 is 11.8 Å². The van der Waals surface area contributed by atoms with Crippen LogP contribution in [-0.2, 0) is 5.75 Å². The summed E-state index contributed by atoms with van der Waals surface area (Å²) in [5, 5.41) is 3.72. The SMILES string of the molecule is COc1ccc(N)c(SCc2ncon2)c1. The molecule has 1 aromatic carbocycles. The van der Waals surface area contributed by atoms with Gasteiger partial charge in [0.05, 0.1) is 12.9 Å². The van der Waals surface area contributed by atoms with Crippen molar-refractivity contribution in [1.82, 2.24) is 10.1 Å². The molecule has 0 saturated carbocycles. The zero-order valence-corrected chi connectivity index (χ0v) is 9.53. The molecule has 0 spiro atoms. The van der Waals surface area contributed by atoms with Crippen molar-refractivity contribution < 1.29 is 9.26 Å². The van der Waals surface area contributed by atoms with Gasteiger partial charge in [-0.15, -0.1) is 11.8 Å². The number of anilines is 1. The number of ether oxygens (including phenoxy) is 1. The molecule has 2 aromatic rings. The molecule has 0 atom stereocenters. The maximum absolute atomic E-state index is 5.84. The molecule has 0 saturated heterocycles. The van der Waals surface area contributed by atoms with E-state index >= 15 is 0 Å². The molecule has 2 N–H and O–H groups in total. The molecule has 1 aromatic heterocycles. The van der Waals surface area contributed by atoms with E-state index in [1.807, 2.05) is 18.2 Å². The fourth-order valence-corrected chi connectivity index (χ4v) is 2.01. The predicted octanol–water partition coefficient (Wildman–Crippen LogP) is 1.95. The third-order valence-electron chi connectivity index (χ3n) is 1.98. The molecule has 16 heavy (non-hydrogen) atoms. The minimum atomic E-state index is 0.619. The van der Waals surface area contributed by atoms with Gasteiger partial charge in [0.2, 0.25) is 6.39 Å². The first-order valence-corrected chi connectivity index (χ1v) is 5.59. The first-order valence-electron chi connectivity index (χ1n) is 4.61. The smallest absolute Gasteiger partial charge is 0.213 e. The van der Waals surface area contributed by atoms with Crippen LogP contribution in [0.3, 0.4) is 0 Å². The summed E-state index contributed by atoms with van der Waals surface area (Å²) in [6.45, 7) is 0. The number of rotatable bonds is 4. The quantitative estimate of drug-likeness (QED) is 0.647. The number of aromatic nitrogens is 2. The highest BCUT2D eigenvalue weighted by Gasteiger charge is 2.05. The van der Waals surface area contributed by atoms with Gasteiger partial charge in [0.15, 0.2) is 5.82 Å². The first kappa shape index (κ1) is 10.8. The molecule has 2 rings (SSSR count). The highest BCUT2D eigenvalue weighted by Crippen LogP contribution is 2.30. The van der Waals surface area contributed by atoms with E-state index in [0.29, 0.717) is 17.3 Å². The highest BCUT2D eigenvalue weighted by molar-refractivity contribution is 7.98. The molecule has 0 aliphatic heterocycles. The van der Waals surface area contributed by atoms with E-state index in [0.717, 1.165) is 10.6 Å². The Balaban J connectivity index is 2.08. The molecule has 0 aliphatic rings. The normalized spacial score (nSPS) is 10.3. The summed E-state index contributed by atoms with van der Waals surface area (Å²) in [5.41, 5.74) is 6.56. The maximum atomic E-state index is 5.84. The van der Waals surface area contributed by atoms with Crippen LogP contribution in [-0.4, -0.2) is 17.3 Å². The summed E-state index contributed by atoms with van der Waals surface area (Å²) < 4.78 is 9.78. The second kappa shape index (κ2) is 4.89. The molecule has 0 aliphatic carbocycles. The Bertz CT molecular complexity index is 459. The lowest BCUT2D eigenvalue weighted by atomic mass is 10.3. The zero-order valence-electron chi connectivity index (χ0n) is 8.71. The third kappa shape index (κ3) is 2.46. The molecule has 0 amide bonds. The summed E-state index contributed by atoms with van der Waals surface area (Å²) in [4.78, 5) is 4.88. The van der Waals surface area contributed by atoms with Crippen LogP contribution in [0.25, 0.3) is 0 Å². The minimum Gasteiger partial charge on any atom is -0.497 e. The number of benzene rings is 1. The number of hydrogen-bond acceptors (Lipinski definition) is 6. The van der Waals surface area contributed by atoms with Gasteiger partial charge in [-0.1, -0.05) is 5.16 Å².